The summed E-state index contributed by atoms with van der Waals surface area (Å²) in [5, 5.41) is 3.00. The number of rotatable bonds is 1. The molecule has 0 bridgehead atoms. The van der Waals surface area contributed by atoms with Crippen molar-refractivity contribution in [1.29, 1.82) is 0 Å². The monoisotopic (exact) mass is 179 g/mol. The van der Waals surface area contributed by atoms with Crippen LogP contribution in [0, 0.1) is 5.82 Å². The molecule has 0 aliphatic carbocycles. The number of ether oxygens (including phenoxy) is 1. The average Bonchev–Trinajstić information content (AvgIpc) is 2.17. The second kappa shape index (κ2) is 3.09. The number of fused-ring (bicyclic) bond motifs is 1. The van der Waals surface area contributed by atoms with Crippen LogP contribution < -0.4 is 10.1 Å². The first-order valence-electron chi connectivity index (χ1n) is 4.12. The smallest absolute Gasteiger partial charge is 0.129 e. The Bertz CT molecular complexity index is 360. The third-order valence-corrected chi connectivity index (χ3v) is 2.03. The number of halogens is 1. The van der Waals surface area contributed by atoms with Gasteiger partial charge in [-0.2, -0.15) is 0 Å². The topological polar surface area (TPSA) is 21.3 Å². The molecule has 1 N–H and O–H groups in total. The molecule has 3 heteroatoms. The molecule has 0 saturated carbocycles. The summed E-state index contributed by atoms with van der Waals surface area (Å²) in [6.45, 7) is 0.537. The number of nitrogens with one attached hydrogen (secondary N) is 1. The molecule has 0 spiro atoms. The van der Waals surface area contributed by atoms with Gasteiger partial charge >= 0.3 is 0 Å². The highest BCUT2D eigenvalue weighted by atomic mass is 19.1. The van der Waals surface area contributed by atoms with Crippen molar-refractivity contribution in [2.75, 3.05) is 13.7 Å². The highest BCUT2D eigenvalue weighted by Gasteiger charge is 2.12. The van der Waals surface area contributed by atoms with E-state index in [0.717, 1.165) is 17.0 Å². The van der Waals surface area contributed by atoms with Gasteiger partial charge in [-0.25, -0.2) is 4.39 Å². The average molecular weight is 179 g/mol. The van der Waals surface area contributed by atoms with Crippen molar-refractivity contribution in [1.82, 2.24) is 5.32 Å². The Morgan fingerprint density at radius 3 is 3.08 bits per heavy atom. The van der Waals surface area contributed by atoms with Gasteiger partial charge in [0.05, 0.1) is 0 Å². The minimum Gasteiger partial charge on any atom is -0.489 e. The highest BCUT2D eigenvalue weighted by Crippen LogP contribution is 2.28. The van der Waals surface area contributed by atoms with Crippen LogP contribution in [0.4, 0.5) is 4.39 Å². The van der Waals surface area contributed by atoms with Crippen LogP contribution in [0.2, 0.25) is 0 Å². The summed E-state index contributed by atoms with van der Waals surface area (Å²) in [5.41, 5.74) is 1.70. The van der Waals surface area contributed by atoms with E-state index in [-0.39, 0.29) is 5.82 Å². The summed E-state index contributed by atoms with van der Waals surface area (Å²) in [5.74, 6) is 0.485. The Hall–Kier alpha value is -1.51. The van der Waals surface area contributed by atoms with Crippen LogP contribution in [0.5, 0.6) is 5.75 Å². The van der Waals surface area contributed by atoms with Crippen molar-refractivity contribution in [3.63, 3.8) is 0 Å². The van der Waals surface area contributed by atoms with E-state index < -0.39 is 0 Å². The van der Waals surface area contributed by atoms with E-state index in [9.17, 15) is 4.39 Å². The van der Waals surface area contributed by atoms with Crippen LogP contribution in [0.25, 0.3) is 5.70 Å². The third kappa shape index (κ3) is 1.37. The molecule has 68 valence electrons. The fourth-order valence-corrected chi connectivity index (χ4v) is 1.40. The summed E-state index contributed by atoms with van der Waals surface area (Å²) in [7, 11) is 1.81. The lowest BCUT2D eigenvalue weighted by atomic mass is 10.1. The molecular formula is C10H10FNO. The van der Waals surface area contributed by atoms with Crippen LogP contribution in [0.3, 0.4) is 0 Å². The zero-order valence-corrected chi connectivity index (χ0v) is 7.30. The molecule has 2 rings (SSSR count). The van der Waals surface area contributed by atoms with Crippen molar-refractivity contribution in [2.24, 2.45) is 0 Å². The second-order valence-electron chi connectivity index (χ2n) is 2.82. The molecule has 13 heavy (non-hydrogen) atoms. The van der Waals surface area contributed by atoms with E-state index in [4.69, 9.17) is 4.74 Å². The van der Waals surface area contributed by atoms with Gasteiger partial charge in [0.2, 0.25) is 0 Å². The van der Waals surface area contributed by atoms with Gasteiger partial charge in [0.1, 0.15) is 18.2 Å². The Balaban J connectivity index is 2.51. The van der Waals surface area contributed by atoms with Crippen LogP contribution in [0.15, 0.2) is 24.3 Å². The number of hydrogen-bond donors (Lipinski definition) is 1. The first-order chi connectivity index (χ1) is 6.31. The largest absolute Gasteiger partial charge is 0.489 e. The molecular weight excluding hydrogens is 169 g/mol. The Kier molecular flexibility index (Phi) is 1.93. The molecule has 0 saturated heterocycles. The molecule has 2 nitrogen and oxygen atoms in total. The second-order valence-corrected chi connectivity index (χ2v) is 2.82. The molecule has 0 radical (unpaired) electrons. The molecule has 1 heterocycles. The van der Waals surface area contributed by atoms with E-state index >= 15 is 0 Å². The lowest BCUT2D eigenvalue weighted by molar-refractivity contribution is 0.355. The zero-order chi connectivity index (χ0) is 9.26. The lowest BCUT2D eigenvalue weighted by Crippen LogP contribution is -2.13. The van der Waals surface area contributed by atoms with Gasteiger partial charge in [-0.15, -0.1) is 0 Å². The van der Waals surface area contributed by atoms with E-state index in [1.807, 2.05) is 13.1 Å². The fourth-order valence-electron chi connectivity index (χ4n) is 1.40. The molecule has 0 atom stereocenters. The molecule has 0 unspecified atom stereocenters. The minimum atomic E-state index is -0.245. The third-order valence-electron chi connectivity index (χ3n) is 2.03. The van der Waals surface area contributed by atoms with Gasteiger partial charge in [-0.3, -0.25) is 0 Å². The maximum Gasteiger partial charge on any atom is 0.129 e. The van der Waals surface area contributed by atoms with Gasteiger partial charge < -0.3 is 10.1 Å². The van der Waals surface area contributed by atoms with Crippen molar-refractivity contribution < 1.29 is 9.13 Å². The predicted molar refractivity (Wildman–Crippen MR) is 48.9 cm³/mol. The molecule has 1 aromatic carbocycles. The summed E-state index contributed by atoms with van der Waals surface area (Å²) < 4.78 is 18.2. The Labute approximate surface area is 76.0 Å². The number of hydrogen-bond acceptors (Lipinski definition) is 2. The van der Waals surface area contributed by atoms with E-state index in [2.05, 4.69) is 5.32 Å². The van der Waals surface area contributed by atoms with Crippen molar-refractivity contribution in [3.05, 3.63) is 35.7 Å². The Morgan fingerprint density at radius 1 is 1.46 bits per heavy atom. The molecule has 0 fully saturated rings. The van der Waals surface area contributed by atoms with Gasteiger partial charge in [-0.1, -0.05) is 0 Å². The summed E-state index contributed by atoms with van der Waals surface area (Å²) >= 11 is 0. The summed E-state index contributed by atoms with van der Waals surface area (Å²) in [4.78, 5) is 0. The molecule has 1 aliphatic heterocycles. The van der Waals surface area contributed by atoms with Crippen molar-refractivity contribution in [3.8, 4) is 5.75 Å². The van der Waals surface area contributed by atoms with Gasteiger partial charge in [-0.05, 0) is 24.3 Å². The first-order valence-corrected chi connectivity index (χ1v) is 4.12. The molecule has 1 aromatic rings. The quantitative estimate of drug-likeness (QED) is 0.709. The first kappa shape index (κ1) is 8.10. The van der Waals surface area contributed by atoms with Gasteiger partial charge in [0, 0.05) is 18.3 Å². The SMILES string of the molecule is CNC1=CCOc2ccc(F)cc21. The van der Waals surface area contributed by atoms with Crippen molar-refractivity contribution >= 4 is 5.70 Å². The van der Waals surface area contributed by atoms with Crippen LogP contribution in [0.1, 0.15) is 5.56 Å². The van der Waals surface area contributed by atoms with E-state index in [1.54, 1.807) is 6.07 Å². The van der Waals surface area contributed by atoms with E-state index in [1.165, 1.54) is 12.1 Å². The normalized spacial score (nSPS) is 14.2. The maximum absolute atomic E-state index is 12.9. The standard InChI is InChI=1S/C10H10FNO/c1-12-9-4-5-13-10-3-2-7(11)6-8(9)10/h2-4,6,12H,5H2,1H3. The van der Waals surface area contributed by atoms with Crippen LogP contribution in [-0.2, 0) is 0 Å². The Morgan fingerprint density at radius 2 is 2.31 bits per heavy atom. The minimum absolute atomic E-state index is 0.245. The molecule has 1 aliphatic rings. The van der Waals surface area contributed by atoms with Crippen molar-refractivity contribution in [2.45, 2.75) is 0 Å². The van der Waals surface area contributed by atoms with E-state index in [0.29, 0.717) is 6.61 Å². The highest BCUT2D eigenvalue weighted by molar-refractivity contribution is 5.70. The number of benzene rings is 1. The molecule has 0 amide bonds. The predicted octanol–water partition coefficient (Wildman–Crippen LogP) is 1.78. The van der Waals surface area contributed by atoms with Crippen LogP contribution >= 0.6 is 0 Å². The zero-order valence-electron chi connectivity index (χ0n) is 7.30. The maximum atomic E-state index is 12.9. The summed E-state index contributed by atoms with van der Waals surface area (Å²) in [6, 6.07) is 4.52. The summed E-state index contributed by atoms with van der Waals surface area (Å²) in [6.07, 6.45) is 1.89. The van der Waals surface area contributed by atoms with Gasteiger partial charge in [0.25, 0.3) is 0 Å². The van der Waals surface area contributed by atoms with Crippen LogP contribution in [-0.4, -0.2) is 13.7 Å². The van der Waals surface area contributed by atoms with Gasteiger partial charge in [0.15, 0.2) is 0 Å². The fraction of sp³-hybridized carbons (Fsp3) is 0.200. The lowest BCUT2D eigenvalue weighted by Gasteiger charge is -2.18. The molecule has 0 aromatic heterocycles.